The number of Topliss-reactive ketones (excluding diaryl/α,β-unsaturated/α-hetero) is 1. The van der Waals surface area contributed by atoms with E-state index in [1.807, 2.05) is 0 Å². The van der Waals surface area contributed by atoms with E-state index in [1.165, 1.54) is 18.0 Å². The molecule has 0 N–H and O–H groups in total. The summed E-state index contributed by atoms with van der Waals surface area (Å²) in [4.78, 5) is 29.2. The zero-order valence-corrected chi connectivity index (χ0v) is 18.0. The Kier molecular flexibility index (Phi) is 6.13. The minimum Gasteiger partial charge on any atom is -0.429 e. The van der Waals surface area contributed by atoms with Crippen LogP contribution in [0.2, 0.25) is 10.0 Å². The summed E-state index contributed by atoms with van der Waals surface area (Å²) in [6, 6.07) is 8.75. The molecular weight excluding hydrogens is 443 g/mol. The number of pyridine rings is 3. The van der Waals surface area contributed by atoms with Crippen molar-refractivity contribution in [1.29, 1.82) is 0 Å². The summed E-state index contributed by atoms with van der Waals surface area (Å²) in [5, 5.41) is 2.24. The average Bonchev–Trinajstić information content (AvgIpc) is 3.19. The van der Waals surface area contributed by atoms with Gasteiger partial charge in [0, 0.05) is 36.8 Å². The number of oxazole rings is 1. The lowest BCUT2D eigenvalue weighted by molar-refractivity contribution is 0.0983. The quantitative estimate of drug-likeness (QED) is 0.317. The highest BCUT2D eigenvalue weighted by molar-refractivity contribution is 7.99. The second-order valence-electron chi connectivity index (χ2n) is 6.17. The zero-order chi connectivity index (χ0) is 21.1. The van der Waals surface area contributed by atoms with Crippen molar-refractivity contribution in [3.8, 4) is 22.7 Å². The first-order chi connectivity index (χ1) is 14.5. The van der Waals surface area contributed by atoms with E-state index in [0.717, 1.165) is 0 Å². The maximum Gasteiger partial charge on any atom is 0.229 e. The first kappa shape index (κ1) is 20.5. The predicted molar refractivity (Wildman–Crippen MR) is 116 cm³/mol. The van der Waals surface area contributed by atoms with E-state index < -0.39 is 0 Å². The topological polar surface area (TPSA) is 81.8 Å². The number of nitrogens with zero attached hydrogens (tertiary/aromatic N) is 4. The standard InChI is InChI=1S/C21H14Cl2N4O2S/c1-2-17(28)16-5-3-12(9-25-16)19-21(30-18-6-4-14(22)11-26-18)29-20(27-19)13-7-15(23)10-24-8-13/h3-11H,2H2,1H3. The number of hydrogen-bond donors (Lipinski definition) is 0. The highest BCUT2D eigenvalue weighted by atomic mass is 35.5. The molecule has 0 spiro atoms. The normalized spacial score (nSPS) is 10.9. The fourth-order valence-corrected chi connectivity index (χ4v) is 3.71. The summed E-state index contributed by atoms with van der Waals surface area (Å²) < 4.78 is 6.03. The van der Waals surface area contributed by atoms with Crippen molar-refractivity contribution in [3.05, 3.63) is 70.9 Å². The van der Waals surface area contributed by atoms with Crippen LogP contribution in [0.5, 0.6) is 0 Å². The van der Waals surface area contributed by atoms with Crippen molar-refractivity contribution < 1.29 is 9.21 Å². The van der Waals surface area contributed by atoms with Crippen LogP contribution in [-0.4, -0.2) is 25.7 Å². The van der Waals surface area contributed by atoms with Gasteiger partial charge in [-0.2, -0.15) is 0 Å². The zero-order valence-electron chi connectivity index (χ0n) is 15.7. The summed E-state index contributed by atoms with van der Waals surface area (Å²) >= 11 is 13.3. The van der Waals surface area contributed by atoms with E-state index in [0.29, 0.717) is 55.0 Å². The van der Waals surface area contributed by atoms with Crippen LogP contribution in [0.25, 0.3) is 22.7 Å². The fraction of sp³-hybridized carbons (Fsp3) is 0.0952. The lowest BCUT2D eigenvalue weighted by Crippen LogP contribution is -1.99. The monoisotopic (exact) mass is 456 g/mol. The van der Waals surface area contributed by atoms with Crippen LogP contribution in [0.4, 0.5) is 0 Å². The number of carbonyl (C=O) groups excluding carboxylic acids is 1. The number of rotatable bonds is 6. The van der Waals surface area contributed by atoms with Crippen LogP contribution in [0.3, 0.4) is 0 Å². The third-order valence-electron chi connectivity index (χ3n) is 4.09. The Morgan fingerprint density at radius 3 is 2.53 bits per heavy atom. The van der Waals surface area contributed by atoms with E-state index in [4.69, 9.17) is 27.6 Å². The van der Waals surface area contributed by atoms with Gasteiger partial charge in [-0.05, 0) is 42.1 Å². The molecule has 150 valence electrons. The third-order valence-corrected chi connectivity index (χ3v) is 5.43. The van der Waals surface area contributed by atoms with Gasteiger partial charge in [-0.1, -0.05) is 30.1 Å². The second kappa shape index (κ2) is 8.95. The number of hydrogen-bond acceptors (Lipinski definition) is 7. The molecule has 4 aromatic heterocycles. The second-order valence-corrected chi connectivity index (χ2v) is 8.04. The Hall–Kier alpha value is -2.74. The molecule has 0 amide bonds. The minimum absolute atomic E-state index is 0.0210. The molecule has 4 rings (SSSR count). The summed E-state index contributed by atoms with van der Waals surface area (Å²) in [5.41, 5.74) is 2.35. The van der Waals surface area contributed by atoms with E-state index >= 15 is 0 Å². The number of halogens is 2. The first-order valence-electron chi connectivity index (χ1n) is 8.94. The van der Waals surface area contributed by atoms with E-state index in [9.17, 15) is 4.79 Å². The maximum absolute atomic E-state index is 11.9. The van der Waals surface area contributed by atoms with Crippen LogP contribution in [0.15, 0.2) is 69.7 Å². The fourth-order valence-electron chi connectivity index (χ4n) is 2.61. The molecule has 30 heavy (non-hydrogen) atoms. The molecule has 6 nitrogen and oxygen atoms in total. The molecule has 0 aliphatic carbocycles. The Morgan fingerprint density at radius 2 is 1.87 bits per heavy atom. The largest absolute Gasteiger partial charge is 0.429 e. The van der Waals surface area contributed by atoms with Crippen molar-refractivity contribution in [3.63, 3.8) is 0 Å². The highest BCUT2D eigenvalue weighted by Gasteiger charge is 2.19. The lowest BCUT2D eigenvalue weighted by Gasteiger charge is -2.02. The minimum atomic E-state index is -0.0210. The molecule has 0 aliphatic rings. The Balaban J connectivity index is 1.76. The molecule has 0 unspecified atom stereocenters. The molecule has 0 saturated heterocycles. The summed E-state index contributed by atoms with van der Waals surface area (Å²) in [7, 11) is 0. The molecular formula is C21H14Cl2N4O2S. The Bertz CT molecular complexity index is 1190. The molecule has 0 atom stereocenters. The summed E-state index contributed by atoms with van der Waals surface area (Å²) in [6.07, 6.45) is 6.73. The van der Waals surface area contributed by atoms with Crippen molar-refractivity contribution in [2.24, 2.45) is 0 Å². The van der Waals surface area contributed by atoms with Gasteiger partial charge >= 0.3 is 0 Å². The first-order valence-corrected chi connectivity index (χ1v) is 10.5. The van der Waals surface area contributed by atoms with Crippen molar-refractivity contribution in [2.75, 3.05) is 0 Å². The molecule has 0 bridgehead atoms. The van der Waals surface area contributed by atoms with Gasteiger partial charge < -0.3 is 4.42 Å². The third kappa shape index (κ3) is 4.53. The van der Waals surface area contributed by atoms with Crippen molar-refractivity contribution in [2.45, 2.75) is 23.5 Å². The molecule has 0 radical (unpaired) electrons. The smallest absolute Gasteiger partial charge is 0.229 e. The van der Waals surface area contributed by atoms with Gasteiger partial charge in [0.25, 0.3) is 0 Å². The van der Waals surface area contributed by atoms with Gasteiger partial charge in [0.15, 0.2) is 10.9 Å². The van der Waals surface area contributed by atoms with Crippen LogP contribution in [0, 0.1) is 0 Å². The predicted octanol–water partition coefficient (Wildman–Crippen LogP) is 6.24. The van der Waals surface area contributed by atoms with Gasteiger partial charge in [0.2, 0.25) is 5.89 Å². The van der Waals surface area contributed by atoms with E-state index in [2.05, 4.69) is 19.9 Å². The highest BCUT2D eigenvalue weighted by Crippen LogP contribution is 2.38. The molecule has 4 heterocycles. The Labute approximate surface area is 186 Å². The molecule has 0 saturated carbocycles. The number of aromatic nitrogens is 4. The molecule has 0 aliphatic heterocycles. The van der Waals surface area contributed by atoms with Crippen molar-refractivity contribution >= 4 is 40.7 Å². The van der Waals surface area contributed by atoms with Gasteiger partial charge in [-0.25, -0.2) is 9.97 Å². The van der Waals surface area contributed by atoms with E-state index in [1.54, 1.807) is 55.8 Å². The number of ketones is 1. The van der Waals surface area contributed by atoms with Crippen LogP contribution in [-0.2, 0) is 0 Å². The van der Waals surface area contributed by atoms with Gasteiger partial charge in [0.1, 0.15) is 16.4 Å². The Morgan fingerprint density at radius 1 is 1.00 bits per heavy atom. The van der Waals surface area contributed by atoms with Crippen LogP contribution >= 0.6 is 35.0 Å². The van der Waals surface area contributed by atoms with Gasteiger partial charge in [-0.15, -0.1) is 0 Å². The summed E-state index contributed by atoms with van der Waals surface area (Å²) in [6.45, 7) is 1.80. The SMILES string of the molecule is CCC(=O)c1ccc(-c2nc(-c3cncc(Cl)c3)oc2Sc2ccc(Cl)cn2)cn1. The molecule has 9 heteroatoms. The van der Waals surface area contributed by atoms with E-state index in [-0.39, 0.29) is 5.78 Å². The van der Waals surface area contributed by atoms with Crippen LogP contribution < -0.4 is 0 Å². The number of carbonyl (C=O) groups is 1. The van der Waals surface area contributed by atoms with Gasteiger partial charge in [-0.3, -0.25) is 14.8 Å². The van der Waals surface area contributed by atoms with Crippen LogP contribution in [0.1, 0.15) is 23.8 Å². The lowest BCUT2D eigenvalue weighted by atomic mass is 10.1. The molecule has 0 fully saturated rings. The molecule has 4 aromatic rings. The summed E-state index contributed by atoms with van der Waals surface area (Å²) in [5.74, 6) is 0.345. The van der Waals surface area contributed by atoms with Crippen molar-refractivity contribution in [1.82, 2.24) is 19.9 Å². The maximum atomic E-state index is 11.9. The average molecular weight is 457 g/mol. The molecule has 0 aromatic carbocycles. The van der Waals surface area contributed by atoms with Gasteiger partial charge in [0.05, 0.1) is 15.6 Å².